The quantitative estimate of drug-likeness (QED) is 0.533. The minimum atomic E-state index is -0.279. The van der Waals surface area contributed by atoms with Crippen LogP contribution < -0.4 is 4.74 Å². The van der Waals surface area contributed by atoms with Crippen molar-refractivity contribution in [1.29, 1.82) is 0 Å². The van der Waals surface area contributed by atoms with Crippen LogP contribution in [0.4, 0.5) is 0 Å². The zero-order valence-corrected chi connectivity index (χ0v) is 17.0. The van der Waals surface area contributed by atoms with Gasteiger partial charge in [-0.3, -0.25) is 9.69 Å². The normalized spacial score (nSPS) is 20.2. The number of carbonyl (C=O) groups is 1. The van der Waals surface area contributed by atoms with E-state index in [0.29, 0.717) is 22.4 Å². The molecule has 1 atom stereocenters. The molecular weight excluding hydrogens is 390 g/mol. The van der Waals surface area contributed by atoms with Crippen molar-refractivity contribution < 1.29 is 14.3 Å². The van der Waals surface area contributed by atoms with E-state index in [0.717, 1.165) is 22.4 Å². The van der Waals surface area contributed by atoms with Crippen LogP contribution in [0.1, 0.15) is 17.2 Å². The SMILES string of the molecule is COCCN1C(=O)C(=CC2=Cc3ccccc3O[C@H]2c2ccccc2)SC1=S. The van der Waals surface area contributed by atoms with Crippen molar-refractivity contribution in [3.63, 3.8) is 0 Å². The van der Waals surface area contributed by atoms with Gasteiger partial charge in [0.05, 0.1) is 18.1 Å². The Kier molecular flexibility index (Phi) is 5.62. The number of nitrogens with zero attached hydrogens (tertiary/aromatic N) is 1. The first-order chi connectivity index (χ1) is 13.7. The van der Waals surface area contributed by atoms with E-state index in [1.54, 1.807) is 12.0 Å². The van der Waals surface area contributed by atoms with Gasteiger partial charge in [-0.25, -0.2) is 0 Å². The highest BCUT2D eigenvalue weighted by Crippen LogP contribution is 2.40. The van der Waals surface area contributed by atoms with Gasteiger partial charge in [0.15, 0.2) is 0 Å². The van der Waals surface area contributed by atoms with Gasteiger partial charge in [-0.2, -0.15) is 0 Å². The van der Waals surface area contributed by atoms with E-state index in [1.807, 2.05) is 60.7 Å². The number of thiocarbonyl (C=S) groups is 1. The second-order valence-corrected chi connectivity index (χ2v) is 8.09. The molecule has 4 rings (SSSR count). The molecule has 2 aromatic rings. The van der Waals surface area contributed by atoms with Crippen LogP contribution in [0.25, 0.3) is 6.08 Å². The number of thioether (sulfide) groups is 1. The Morgan fingerprint density at radius 1 is 1.18 bits per heavy atom. The minimum Gasteiger partial charge on any atom is -0.480 e. The summed E-state index contributed by atoms with van der Waals surface area (Å²) in [4.78, 5) is 15.0. The Hall–Kier alpha value is -2.41. The summed E-state index contributed by atoms with van der Waals surface area (Å²) in [5.74, 6) is 0.750. The van der Waals surface area contributed by atoms with Crippen molar-refractivity contribution in [3.8, 4) is 5.75 Å². The van der Waals surface area contributed by atoms with E-state index in [1.165, 1.54) is 11.8 Å². The van der Waals surface area contributed by atoms with Crippen LogP contribution >= 0.6 is 24.0 Å². The highest BCUT2D eigenvalue weighted by Gasteiger charge is 2.33. The van der Waals surface area contributed by atoms with Crippen LogP contribution in [0.15, 0.2) is 71.2 Å². The molecule has 0 bridgehead atoms. The van der Waals surface area contributed by atoms with Gasteiger partial charge in [0, 0.05) is 12.7 Å². The van der Waals surface area contributed by atoms with Crippen molar-refractivity contribution in [1.82, 2.24) is 4.90 Å². The molecule has 1 saturated heterocycles. The fourth-order valence-electron chi connectivity index (χ4n) is 3.19. The predicted octanol–water partition coefficient (Wildman–Crippen LogP) is 4.59. The molecule has 0 unspecified atom stereocenters. The second kappa shape index (κ2) is 8.31. The number of carbonyl (C=O) groups excluding carboxylic acids is 1. The summed E-state index contributed by atoms with van der Waals surface area (Å²) in [6.45, 7) is 0.907. The molecule has 1 amide bonds. The van der Waals surface area contributed by atoms with Crippen LogP contribution in [0.3, 0.4) is 0 Å². The maximum Gasteiger partial charge on any atom is 0.266 e. The largest absolute Gasteiger partial charge is 0.480 e. The molecule has 0 N–H and O–H groups in total. The number of fused-ring (bicyclic) bond motifs is 1. The number of rotatable bonds is 5. The summed E-state index contributed by atoms with van der Waals surface area (Å²) in [6, 6.07) is 17.9. The molecule has 6 heteroatoms. The number of hydrogen-bond donors (Lipinski definition) is 0. The summed E-state index contributed by atoms with van der Waals surface area (Å²) in [5.41, 5.74) is 2.96. The van der Waals surface area contributed by atoms with Crippen molar-refractivity contribution >= 4 is 40.3 Å². The topological polar surface area (TPSA) is 38.8 Å². The average molecular weight is 410 g/mol. The lowest BCUT2D eigenvalue weighted by Crippen LogP contribution is -2.31. The maximum absolute atomic E-state index is 12.8. The molecule has 2 heterocycles. The van der Waals surface area contributed by atoms with Crippen LogP contribution in [0.2, 0.25) is 0 Å². The lowest BCUT2D eigenvalue weighted by atomic mass is 9.95. The highest BCUT2D eigenvalue weighted by molar-refractivity contribution is 8.26. The van der Waals surface area contributed by atoms with E-state index in [-0.39, 0.29) is 12.0 Å². The van der Waals surface area contributed by atoms with Crippen LogP contribution in [-0.4, -0.2) is 35.4 Å². The molecule has 0 saturated carbocycles. The number of benzene rings is 2. The maximum atomic E-state index is 12.8. The fraction of sp³-hybridized carbons (Fsp3) is 0.182. The molecule has 142 valence electrons. The van der Waals surface area contributed by atoms with Crippen LogP contribution in [0.5, 0.6) is 5.75 Å². The Morgan fingerprint density at radius 2 is 1.93 bits per heavy atom. The summed E-state index contributed by atoms with van der Waals surface area (Å²) in [5, 5.41) is 0. The lowest BCUT2D eigenvalue weighted by Gasteiger charge is -2.26. The molecule has 0 aromatic heterocycles. The molecule has 0 spiro atoms. The van der Waals surface area contributed by atoms with E-state index < -0.39 is 0 Å². The number of para-hydroxylation sites is 1. The fourth-order valence-corrected chi connectivity index (χ4v) is 4.50. The molecule has 0 aliphatic carbocycles. The molecular formula is C22H19NO3S2. The van der Waals surface area contributed by atoms with Gasteiger partial charge in [-0.05, 0) is 29.4 Å². The van der Waals surface area contributed by atoms with Gasteiger partial charge in [0.2, 0.25) is 0 Å². The van der Waals surface area contributed by atoms with Gasteiger partial charge >= 0.3 is 0 Å². The number of methoxy groups -OCH3 is 1. The van der Waals surface area contributed by atoms with Crippen LogP contribution in [-0.2, 0) is 9.53 Å². The van der Waals surface area contributed by atoms with E-state index in [9.17, 15) is 4.79 Å². The lowest BCUT2D eigenvalue weighted by molar-refractivity contribution is -0.122. The number of amides is 1. The van der Waals surface area contributed by atoms with Gasteiger partial charge in [-0.15, -0.1) is 0 Å². The third kappa shape index (κ3) is 3.76. The smallest absolute Gasteiger partial charge is 0.266 e. The Labute approximate surface area is 173 Å². The van der Waals surface area contributed by atoms with E-state index >= 15 is 0 Å². The number of ether oxygens (including phenoxy) is 2. The molecule has 0 radical (unpaired) electrons. The first-order valence-corrected chi connectivity index (χ1v) is 10.2. The molecule has 1 fully saturated rings. The first-order valence-electron chi connectivity index (χ1n) is 8.94. The van der Waals surface area contributed by atoms with Gasteiger partial charge in [0.25, 0.3) is 5.91 Å². The molecule has 2 aliphatic rings. The van der Waals surface area contributed by atoms with Gasteiger partial charge in [-0.1, -0.05) is 72.5 Å². The van der Waals surface area contributed by atoms with Crippen LogP contribution in [0, 0.1) is 0 Å². The molecule has 4 nitrogen and oxygen atoms in total. The molecule has 28 heavy (non-hydrogen) atoms. The summed E-state index contributed by atoms with van der Waals surface area (Å²) in [6.07, 6.45) is 3.70. The monoisotopic (exact) mass is 409 g/mol. The third-order valence-corrected chi connectivity index (χ3v) is 5.96. The van der Waals surface area contributed by atoms with E-state index in [4.69, 9.17) is 21.7 Å². The second-order valence-electron chi connectivity index (χ2n) is 6.42. The highest BCUT2D eigenvalue weighted by atomic mass is 32.2. The summed E-state index contributed by atoms with van der Waals surface area (Å²) >= 11 is 6.70. The standard InChI is InChI=1S/C22H19NO3S2/c1-25-12-11-23-21(24)19(28-22(23)27)14-17-13-16-9-5-6-10-18(16)26-20(17)15-7-3-2-4-8-15/h2-10,13-14,20H,11-12H2,1H3/t20-/m0/s1. The zero-order chi connectivity index (χ0) is 19.5. The van der Waals surface area contributed by atoms with Gasteiger partial charge in [0.1, 0.15) is 16.2 Å². The molecule has 2 aliphatic heterocycles. The summed E-state index contributed by atoms with van der Waals surface area (Å²) in [7, 11) is 1.61. The third-order valence-electron chi connectivity index (χ3n) is 4.58. The Bertz CT molecular complexity index is 969. The Balaban J connectivity index is 1.71. The van der Waals surface area contributed by atoms with Crippen molar-refractivity contribution in [2.45, 2.75) is 6.10 Å². The average Bonchev–Trinajstić information content (AvgIpc) is 2.99. The van der Waals surface area contributed by atoms with Gasteiger partial charge < -0.3 is 9.47 Å². The Morgan fingerprint density at radius 3 is 2.71 bits per heavy atom. The predicted molar refractivity (Wildman–Crippen MR) is 116 cm³/mol. The van der Waals surface area contributed by atoms with Crippen molar-refractivity contribution in [2.75, 3.05) is 20.3 Å². The minimum absolute atomic E-state index is 0.0846. The number of hydrogen-bond acceptors (Lipinski definition) is 5. The summed E-state index contributed by atoms with van der Waals surface area (Å²) < 4.78 is 11.9. The first kappa shape index (κ1) is 18.9. The van der Waals surface area contributed by atoms with Crippen molar-refractivity contribution in [3.05, 3.63) is 82.3 Å². The van der Waals surface area contributed by atoms with E-state index in [2.05, 4.69) is 6.08 Å². The zero-order valence-electron chi connectivity index (χ0n) is 15.3. The molecule has 2 aromatic carbocycles. The van der Waals surface area contributed by atoms with Crippen molar-refractivity contribution in [2.24, 2.45) is 0 Å².